The highest BCUT2D eigenvalue weighted by Gasteiger charge is 2.37. The molecule has 1 N–H and O–H groups in total. The molecule has 7 nitrogen and oxygen atoms in total. The van der Waals surface area contributed by atoms with Crippen molar-refractivity contribution in [1.82, 2.24) is 8.61 Å². The molecule has 0 aromatic rings. The molecule has 0 aromatic heterocycles. The maximum Gasteiger partial charge on any atom is 0.402 e. The van der Waals surface area contributed by atoms with Crippen LogP contribution in [0.15, 0.2) is 0 Å². The number of methoxy groups -OCH3 is 1. The molecule has 0 rings (SSSR count). The smallest absolute Gasteiger partial charge is 0.402 e. The first-order valence-corrected chi connectivity index (χ1v) is 6.90. The predicted molar refractivity (Wildman–Crippen MR) is 62.9 cm³/mol. The van der Waals surface area contributed by atoms with E-state index in [4.69, 9.17) is 5.11 Å². The average Bonchev–Trinajstić information content (AvgIpc) is 2.33. The van der Waals surface area contributed by atoms with Crippen LogP contribution in [0.4, 0.5) is 13.2 Å². The van der Waals surface area contributed by atoms with E-state index >= 15 is 0 Å². The van der Waals surface area contributed by atoms with Gasteiger partial charge in [0.1, 0.15) is 6.54 Å². The fourth-order valence-electron chi connectivity index (χ4n) is 1.25. The number of hydrogen-bond donors (Lipinski definition) is 1. The molecule has 0 aromatic carbocycles. The highest BCUT2D eigenvalue weighted by Crippen LogP contribution is 2.19. The van der Waals surface area contributed by atoms with Crippen LogP contribution in [-0.2, 0) is 19.7 Å². The summed E-state index contributed by atoms with van der Waals surface area (Å²) in [6, 6.07) is 0. The Balaban J connectivity index is 4.88. The second-order valence-corrected chi connectivity index (χ2v) is 5.86. The maximum atomic E-state index is 12.3. The van der Waals surface area contributed by atoms with Crippen molar-refractivity contribution < 1.29 is 36.2 Å². The van der Waals surface area contributed by atoms with Crippen LogP contribution < -0.4 is 0 Å². The summed E-state index contributed by atoms with van der Waals surface area (Å²) in [4.78, 5) is 10.9. The molecular weight excluding hydrogens is 305 g/mol. The van der Waals surface area contributed by atoms with Gasteiger partial charge in [-0.2, -0.15) is 30.2 Å². The van der Waals surface area contributed by atoms with Crippen LogP contribution in [0.1, 0.15) is 6.42 Å². The number of aliphatic hydroxyl groups is 1. The lowest BCUT2D eigenvalue weighted by atomic mass is 10.4. The molecule has 0 radical (unpaired) electrons. The molecule has 0 aliphatic rings. The lowest BCUT2D eigenvalue weighted by Gasteiger charge is -2.27. The van der Waals surface area contributed by atoms with E-state index in [9.17, 15) is 26.4 Å². The van der Waals surface area contributed by atoms with Crippen molar-refractivity contribution in [1.29, 1.82) is 0 Å². The highest BCUT2D eigenvalue weighted by molar-refractivity contribution is 7.86. The summed E-state index contributed by atoms with van der Waals surface area (Å²) in [5, 5.41) is 8.67. The summed E-state index contributed by atoms with van der Waals surface area (Å²) in [5.41, 5.74) is 0. The Kier molecular flexibility index (Phi) is 7.41. The summed E-state index contributed by atoms with van der Waals surface area (Å²) >= 11 is 0. The Hall–Kier alpha value is -0.910. The van der Waals surface area contributed by atoms with Crippen LogP contribution in [-0.4, -0.2) is 74.7 Å². The van der Waals surface area contributed by atoms with Gasteiger partial charge in [0.15, 0.2) is 0 Å². The number of alkyl halides is 3. The van der Waals surface area contributed by atoms with E-state index in [1.165, 1.54) is 0 Å². The first-order valence-electron chi connectivity index (χ1n) is 5.50. The van der Waals surface area contributed by atoms with E-state index in [-0.39, 0.29) is 17.3 Å². The molecule has 0 heterocycles. The van der Waals surface area contributed by atoms with Crippen LogP contribution in [0.5, 0.6) is 0 Å². The van der Waals surface area contributed by atoms with Crippen LogP contribution in [0, 0.1) is 0 Å². The van der Waals surface area contributed by atoms with Gasteiger partial charge in [-0.05, 0) is 0 Å². The van der Waals surface area contributed by atoms with E-state index in [0.29, 0.717) is 4.31 Å². The average molecular weight is 322 g/mol. The van der Waals surface area contributed by atoms with Gasteiger partial charge in [-0.15, -0.1) is 0 Å². The van der Waals surface area contributed by atoms with Crippen molar-refractivity contribution >= 4 is 16.2 Å². The van der Waals surface area contributed by atoms with Crippen molar-refractivity contribution in [3.05, 3.63) is 0 Å². The molecular formula is C9H17F3N2O5S. The quantitative estimate of drug-likeness (QED) is 0.614. The zero-order valence-electron chi connectivity index (χ0n) is 11.1. The predicted octanol–water partition coefficient (Wildman–Crippen LogP) is -0.417. The SMILES string of the molecule is COC(=O)CCN(C)S(=O)(=O)N(CCO)CC(F)(F)F. The molecule has 0 saturated heterocycles. The Morgan fingerprint density at radius 3 is 2.25 bits per heavy atom. The highest BCUT2D eigenvalue weighted by atomic mass is 32.2. The second kappa shape index (κ2) is 7.76. The Labute approximate surface area is 115 Å². The van der Waals surface area contributed by atoms with Gasteiger partial charge < -0.3 is 9.84 Å². The molecule has 0 fully saturated rings. The molecule has 0 spiro atoms. The van der Waals surface area contributed by atoms with Gasteiger partial charge in [-0.3, -0.25) is 4.79 Å². The molecule has 0 unspecified atom stereocenters. The van der Waals surface area contributed by atoms with E-state index in [0.717, 1.165) is 14.2 Å². The van der Waals surface area contributed by atoms with Crippen molar-refractivity contribution in [2.75, 3.05) is 40.4 Å². The molecule has 0 atom stereocenters. The van der Waals surface area contributed by atoms with Crippen molar-refractivity contribution in [3.8, 4) is 0 Å². The zero-order chi connectivity index (χ0) is 16.0. The fraction of sp³-hybridized carbons (Fsp3) is 0.889. The summed E-state index contributed by atoms with van der Waals surface area (Å²) in [5.74, 6) is -0.684. The number of aliphatic hydroxyl groups excluding tert-OH is 1. The van der Waals surface area contributed by atoms with Gasteiger partial charge in [0, 0.05) is 20.1 Å². The first-order chi connectivity index (χ1) is 9.04. The number of nitrogens with zero attached hydrogens (tertiary/aromatic N) is 2. The molecule has 0 aliphatic heterocycles. The van der Waals surface area contributed by atoms with Gasteiger partial charge >= 0.3 is 12.1 Å². The van der Waals surface area contributed by atoms with Crippen molar-refractivity contribution in [2.24, 2.45) is 0 Å². The number of ether oxygens (including phenoxy) is 1. The van der Waals surface area contributed by atoms with E-state index in [2.05, 4.69) is 4.74 Å². The van der Waals surface area contributed by atoms with Gasteiger partial charge in [0.2, 0.25) is 0 Å². The number of rotatable bonds is 8. The van der Waals surface area contributed by atoms with Crippen LogP contribution in [0.25, 0.3) is 0 Å². The van der Waals surface area contributed by atoms with Crippen molar-refractivity contribution in [3.63, 3.8) is 0 Å². The van der Waals surface area contributed by atoms with Crippen molar-refractivity contribution in [2.45, 2.75) is 12.6 Å². The lowest BCUT2D eigenvalue weighted by Crippen LogP contribution is -2.47. The Morgan fingerprint density at radius 2 is 1.85 bits per heavy atom. The summed E-state index contributed by atoms with van der Waals surface area (Å²) in [6.07, 6.45) is -5.02. The normalized spacial score (nSPS) is 13.0. The molecule has 0 amide bonds. The van der Waals surface area contributed by atoms with E-state index in [1.54, 1.807) is 0 Å². The van der Waals surface area contributed by atoms with Crippen LogP contribution >= 0.6 is 0 Å². The molecule has 11 heteroatoms. The van der Waals surface area contributed by atoms with Crippen LogP contribution in [0.3, 0.4) is 0 Å². The number of hydrogen-bond acceptors (Lipinski definition) is 5. The fourth-order valence-corrected chi connectivity index (χ4v) is 2.59. The number of esters is 1. The minimum absolute atomic E-state index is 0.101. The molecule has 0 aliphatic carbocycles. The third-order valence-electron chi connectivity index (χ3n) is 2.28. The number of carbonyl (C=O) groups is 1. The number of halogens is 3. The van der Waals surface area contributed by atoms with Gasteiger partial charge in [0.25, 0.3) is 10.2 Å². The van der Waals surface area contributed by atoms with E-state index < -0.39 is 42.1 Å². The molecule has 120 valence electrons. The monoisotopic (exact) mass is 322 g/mol. The van der Waals surface area contributed by atoms with Gasteiger partial charge in [0.05, 0.1) is 20.1 Å². The third kappa shape index (κ3) is 6.50. The number of carbonyl (C=O) groups excluding carboxylic acids is 1. The maximum absolute atomic E-state index is 12.3. The van der Waals surface area contributed by atoms with Gasteiger partial charge in [-0.1, -0.05) is 0 Å². The third-order valence-corrected chi connectivity index (χ3v) is 4.22. The molecule has 20 heavy (non-hydrogen) atoms. The lowest BCUT2D eigenvalue weighted by molar-refractivity contribution is -0.141. The Bertz CT molecular complexity index is 412. The summed E-state index contributed by atoms with van der Waals surface area (Å²) < 4.78 is 65.7. The first kappa shape index (κ1) is 19.1. The standard InChI is InChI=1S/C9H17F3N2O5S/c1-13(4-3-8(16)19-2)20(17,18)14(5-6-15)7-9(10,11)12/h15H,3-7H2,1-2H3. The molecule has 0 bridgehead atoms. The van der Waals surface area contributed by atoms with Crippen LogP contribution in [0.2, 0.25) is 0 Å². The summed E-state index contributed by atoms with van der Waals surface area (Å²) in [6.45, 7) is -3.47. The minimum atomic E-state index is -4.73. The second-order valence-electron chi connectivity index (χ2n) is 3.83. The largest absolute Gasteiger partial charge is 0.469 e. The topological polar surface area (TPSA) is 87.2 Å². The Morgan fingerprint density at radius 1 is 1.30 bits per heavy atom. The minimum Gasteiger partial charge on any atom is -0.469 e. The molecule has 0 saturated carbocycles. The summed E-state index contributed by atoms with van der Waals surface area (Å²) in [7, 11) is -2.27. The zero-order valence-corrected chi connectivity index (χ0v) is 11.9. The van der Waals surface area contributed by atoms with Gasteiger partial charge in [-0.25, -0.2) is 0 Å². The van der Waals surface area contributed by atoms with E-state index in [1.807, 2.05) is 0 Å².